The lowest BCUT2D eigenvalue weighted by atomic mass is 9.95. The molecular weight excluding hydrogens is 322 g/mol. The predicted molar refractivity (Wildman–Crippen MR) is 94.0 cm³/mol. The molecule has 0 fully saturated rings. The second kappa shape index (κ2) is 6.49. The first kappa shape index (κ1) is 16.9. The Morgan fingerprint density at radius 2 is 1.58 bits per heavy atom. The van der Waals surface area contributed by atoms with Crippen LogP contribution < -0.4 is 0 Å². The summed E-state index contributed by atoms with van der Waals surface area (Å²) in [7, 11) is 0.330. The predicted octanol–water partition coefficient (Wildman–Crippen LogP) is 3.09. The van der Waals surface area contributed by atoms with E-state index in [4.69, 9.17) is 0 Å². The normalized spacial score (nSPS) is 18.8. The third-order valence-electron chi connectivity index (χ3n) is 4.44. The van der Waals surface area contributed by atoms with Crippen molar-refractivity contribution in [1.29, 1.82) is 0 Å². The van der Waals surface area contributed by atoms with Crippen LogP contribution in [-0.4, -0.2) is 39.7 Å². The summed E-state index contributed by atoms with van der Waals surface area (Å²) in [4.78, 5) is 15.1. The second-order valence-electron chi connectivity index (χ2n) is 6.39. The van der Waals surface area contributed by atoms with Crippen LogP contribution in [0.25, 0.3) is 0 Å². The van der Waals surface area contributed by atoms with Gasteiger partial charge in [0.25, 0.3) is 0 Å². The first-order valence-electron chi connectivity index (χ1n) is 8.04. The van der Waals surface area contributed by atoms with Crippen LogP contribution in [-0.2, 0) is 9.84 Å². The number of fused-ring (bicyclic) bond motifs is 2. The molecule has 0 aromatic heterocycles. The van der Waals surface area contributed by atoms with E-state index in [1.54, 1.807) is 48.5 Å². The first-order valence-corrected chi connectivity index (χ1v) is 9.59. The Hall–Kier alpha value is -1.98. The molecule has 0 N–H and O–H groups in total. The molecule has 3 rings (SSSR count). The summed E-state index contributed by atoms with van der Waals surface area (Å²) in [5, 5.41) is -0.679. The summed E-state index contributed by atoms with van der Waals surface area (Å²) in [6.45, 7) is 0.809. The lowest BCUT2D eigenvalue weighted by Crippen LogP contribution is -2.18. The average molecular weight is 343 g/mol. The van der Waals surface area contributed by atoms with Crippen LogP contribution >= 0.6 is 0 Å². The highest BCUT2D eigenvalue weighted by Crippen LogP contribution is 2.40. The monoisotopic (exact) mass is 343 g/mol. The van der Waals surface area contributed by atoms with Gasteiger partial charge in [0, 0.05) is 11.1 Å². The fourth-order valence-electron chi connectivity index (χ4n) is 3.26. The minimum absolute atomic E-state index is 0.154. The number of ketones is 1. The standard InChI is InChI=1S/C19H21NO3S/c1-20(2)13-7-12-17-14-8-3-4-9-15(14)19(21)16-10-5-6-11-18(16)24(17,22)23/h3-6,8-11,17H,7,12-13H2,1-2H3. The van der Waals surface area contributed by atoms with E-state index in [0.29, 0.717) is 17.5 Å². The number of carbonyl (C=O) groups excluding carboxylic acids is 1. The van der Waals surface area contributed by atoms with E-state index in [2.05, 4.69) is 0 Å². The van der Waals surface area contributed by atoms with Crippen LogP contribution in [0.3, 0.4) is 0 Å². The molecule has 2 aromatic carbocycles. The summed E-state index contributed by atoms with van der Waals surface area (Å²) in [5.41, 5.74) is 1.40. The Balaban J connectivity index is 2.16. The molecule has 126 valence electrons. The van der Waals surface area contributed by atoms with Crippen molar-refractivity contribution in [2.75, 3.05) is 20.6 Å². The molecule has 24 heavy (non-hydrogen) atoms. The molecule has 1 aliphatic heterocycles. The maximum absolute atomic E-state index is 13.2. The Bertz CT molecular complexity index is 872. The molecule has 2 aromatic rings. The van der Waals surface area contributed by atoms with Gasteiger partial charge in [-0.3, -0.25) is 4.79 Å². The number of carbonyl (C=O) groups is 1. The highest BCUT2D eigenvalue weighted by atomic mass is 32.2. The zero-order chi connectivity index (χ0) is 17.3. The van der Waals surface area contributed by atoms with E-state index in [9.17, 15) is 13.2 Å². The zero-order valence-corrected chi connectivity index (χ0v) is 14.7. The summed E-state index contributed by atoms with van der Waals surface area (Å²) in [5.74, 6) is -0.208. The van der Waals surface area contributed by atoms with Crippen molar-refractivity contribution in [2.24, 2.45) is 0 Å². The summed E-state index contributed by atoms with van der Waals surface area (Å²) in [6, 6.07) is 13.6. The summed E-state index contributed by atoms with van der Waals surface area (Å²) >= 11 is 0. The Morgan fingerprint density at radius 1 is 0.958 bits per heavy atom. The van der Waals surface area contributed by atoms with E-state index in [-0.39, 0.29) is 16.2 Å². The van der Waals surface area contributed by atoms with Crippen LogP contribution in [0.4, 0.5) is 0 Å². The van der Waals surface area contributed by atoms with Crippen LogP contribution in [0.5, 0.6) is 0 Å². The van der Waals surface area contributed by atoms with Gasteiger partial charge in [0.1, 0.15) is 0 Å². The molecule has 0 amide bonds. The second-order valence-corrected chi connectivity index (χ2v) is 8.49. The number of nitrogens with zero attached hydrogens (tertiary/aromatic N) is 1. The maximum Gasteiger partial charge on any atom is 0.194 e. The SMILES string of the molecule is CN(C)CCCC1c2ccccc2C(=O)c2ccccc2S1(=O)=O. The topological polar surface area (TPSA) is 54.5 Å². The third kappa shape index (κ3) is 2.89. The van der Waals surface area contributed by atoms with Crippen molar-refractivity contribution in [3.63, 3.8) is 0 Å². The molecular formula is C19H21NO3S. The summed E-state index contributed by atoms with van der Waals surface area (Å²) < 4.78 is 26.5. The Labute approximate surface area is 143 Å². The van der Waals surface area contributed by atoms with Gasteiger partial charge in [-0.2, -0.15) is 0 Å². The molecule has 1 heterocycles. The van der Waals surface area contributed by atoms with Gasteiger partial charge in [-0.05, 0) is 51.2 Å². The van der Waals surface area contributed by atoms with Gasteiger partial charge in [0.2, 0.25) is 0 Å². The van der Waals surface area contributed by atoms with E-state index in [0.717, 1.165) is 13.0 Å². The van der Waals surface area contributed by atoms with Gasteiger partial charge < -0.3 is 4.90 Å². The minimum atomic E-state index is -3.60. The fraction of sp³-hybridized carbons (Fsp3) is 0.316. The van der Waals surface area contributed by atoms with E-state index in [1.807, 2.05) is 19.0 Å². The largest absolute Gasteiger partial charge is 0.309 e. The molecule has 0 spiro atoms. The van der Waals surface area contributed by atoms with Gasteiger partial charge in [-0.1, -0.05) is 36.4 Å². The molecule has 0 radical (unpaired) electrons. The minimum Gasteiger partial charge on any atom is -0.309 e. The van der Waals surface area contributed by atoms with Gasteiger partial charge in [0.05, 0.1) is 10.1 Å². The first-order chi connectivity index (χ1) is 11.4. The smallest absolute Gasteiger partial charge is 0.194 e. The van der Waals surface area contributed by atoms with E-state index < -0.39 is 15.1 Å². The lowest BCUT2D eigenvalue weighted by Gasteiger charge is -2.19. The number of rotatable bonds is 4. The molecule has 1 aliphatic rings. The Kier molecular flexibility index (Phi) is 4.56. The molecule has 4 nitrogen and oxygen atoms in total. The van der Waals surface area contributed by atoms with E-state index in [1.165, 1.54) is 0 Å². The maximum atomic E-state index is 13.2. The van der Waals surface area contributed by atoms with Crippen LogP contribution in [0, 0.1) is 0 Å². The number of hydrogen-bond acceptors (Lipinski definition) is 4. The molecule has 0 aliphatic carbocycles. The molecule has 1 unspecified atom stereocenters. The molecule has 1 atom stereocenters. The van der Waals surface area contributed by atoms with Crippen molar-refractivity contribution in [2.45, 2.75) is 23.0 Å². The van der Waals surface area contributed by atoms with Crippen molar-refractivity contribution in [3.8, 4) is 0 Å². The lowest BCUT2D eigenvalue weighted by molar-refractivity contribution is 0.103. The molecule has 0 saturated heterocycles. The number of hydrogen-bond donors (Lipinski definition) is 0. The van der Waals surface area contributed by atoms with Crippen molar-refractivity contribution in [3.05, 3.63) is 65.2 Å². The van der Waals surface area contributed by atoms with Crippen LogP contribution in [0.1, 0.15) is 39.6 Å². The molecule has 0 bridgehead atoms. The third-order valence-corrected chi connectivity index (χ3v) is 6.64. The highest BCUT2D eigenvalue weighted by Gasteiger charge is 2.37. The van der Waals surface area contributed by atoms with Crippen molar-refractivity contribution < 1.29 is 13.2 Å². The molecule has 5 heteroatoms. The number of sulfone groups is 1. The quantitative estimate of drug-likeness (QED) is 0.856. The fourth-order valence-corrected chi connectivity index (χ4v) is 5.31. The molecule has 0 saturated carbocycles. The Morgan fingerprint density at radius 3 is 2.29 bits per heavy atom. The van der Waals surface area contributed by atoms with Crippen molar-refractivity contribution >= 4 is 15.6 Å². The van der Waals surface area contributed by atoms with Gasteiger partial charge in [0.15, 0.2) is 15.6 Å². The number of benzene rings is 2. The van der Waals surface area contributed by atoms with Crippen LogP contribution in [0.15, 0.2) is 53.4 Å². The van der Waals surface area contributed by atoms with Gasteiger partial charge >= 0.3 is 0 Å². The van der Waals surface area contributed by atoms with E-state index >= 15 is 0 Å². The highest BCUT2D eigenvalue weighted by molar-refractivity contribution is 7.91. The zero-order valence-electron chi connectivity index (χ0n) is 13.9. The van der Waals surface area contributed by atoms with Gasteiger partial charge in [-0.15, -0.1) is 0 Å². The summed E-state index contributed by atoms with van der Waals surface area (Å²) in [6.07, 6.45) is 1.25. The average Bonchev–Trinajstić information content (AvgIpc) is 2.63. The van der Waals surface area contributed by atoms with Crippen LogP contribution in [0.2, 0.25) is 0 Å². The van der Waals surface area contributed by atoms with Crippen molar-refractivity contribution in [1.82, 2.24) is 4.90 Å². The van der Waals surface area contributed by atoms with Gasteiger partial charge in [-0.25, -0.2) is 8.42 Å².